The highest BCUT2D eigenvalue weighted by Crippen LogP contribution is 2.24. The first-order valence-electron chi connectivity index (χ1n) is 13.5. The van der Waals surface area contributed by atoms with Crippen molar-refractivity contribution >= 4 is 11.8 Å². The molecule has 0 bridgehead atoms. The Balaban J connectivity index is 1.80. The van der Waals surface area contributed by atoms with E-state index in [1.807, 2.05) is 64.1 Å². The Labute approximate surface area is 229 Å². The average Bonchev–Trinajstić information content (AvgIpc) is 2.88. The van der Waals surface area contributed by atoms with Crippen molar-refractivity contribution < 1.29 is 19.1 Å². The van der Waals surface area contributed by atoms with Crippen molar-refractivity contribution in [2.75, 3.05) is 20.3 Å². The van der Waals surface area contributed by atoms with Crippen molar-refractivity contribution in [3.63, 3.8) is 0 Å². The van der Waals surface area contributed by atoms with Gasteiger partial charge in [-0.25, -0.2) is 0 Å². The molecule has 38 heavy (non-hydrogen) atoms. The number of allylic oxidation sites excluding steroid dienone is 4. The third kappa shape index (κ3) is 10.3. The molecular weight excluding hydrogens is 476 g/mol. The first-order valence-corrected chi connectivity index (χ1v) is 13.5. The van der Waals surface area contributed by atoms with E-state index in [1.54, 1.807) is 18.1 Å². The number of amides is 2. The Morgan fingerprint density at radius 2 is 1.95 bits per heavy atom. The van der Waals surface area contributed by atoms with E-state index < -0.39 is 0 Å². The van der Waals surface area contributed by atoms with E-state index in [1.165, 1.54) is 0 Å². The van der Waals surface area contributed by atoms with Crippen LogP contribution in [0.5, 0.6) is 0 Å². The lowest BCUT2D eigenvalue weighted by molar-refractivity contribution is -0.130. The molecule has 2 rings (SSSR count). The molecule has 1 aliphatic heterocycles. The highest BCUT2D eigenvalue weighted by atomic mass is 16.5. The van der Waals surface area contributed by atoms with Gasteiger partial charge in [-0.2, -0.15) is 0 Å². The highest BCUT2D eigenvalue weighted by Gasteiger charge is 2.22. The number of hydrogen-bond acceptors (Lipinski definition) is 4. The van der Waals surface area contributed by atoms with E-state index in [-0.39, 0.29) is 23.5 Å². The molecule has 2 amide bonds. The molecule has 0 saturated carbocycles. The first kappa shape index (κ1) is 31.1. The van der Waals surface area contributed by atoms with Crippen LogP contribution < -0.4 is 5.32 Å². The number of unbranched alkanes of at least 4 members (excludes halogenated alkanes) is 1. The SMILES string of the molecule is C=C/C=C1/C#Cc2ccccc2CN(C(=O)CCCCC(=O)NCCC(C)OCCC(C)(C)OC)/C1=C/C. The van der Waals surface area contributed by atoms with Crippen LogP contribution in [0.1, 0.15) is 77.3 Å². The Hall–Kier alpha value is -3.14. The van der Waals surface area contributed by atoms with E-state index in [0.29, 0.717) is 45.4 Å². The van der Waals surface area contributed by atoms with E-state index in [0.717, 1.165) is 35.2 Å². The lowest BCUT2D eigenvalue weighted by Gasteiger charge is -2.27. The van der Waals surface area contributed by atoms with Gasteiger partial charge < -0.3 is 19.7 Å². The van der Waals surface area contributed by atoms with Gasteiger partial charge in [0, 0.05) is 44.2 Å². The average molecular weight is 521 g/mol. The lowest BCUT2D eigenvalue weighted by atomic mass is 10.0. The van der Waals surface area contributed by atoms with Crippen LogP contribution in [0, 0.1) is 11.8 Å². The van der Waals surface area contributed by atoms with E-state index >= 15 is 0 Å². The zero-order valence-electron chi connectivity index (χ0n) is 23.8. The molecule has 0 spiro atoms. The van der Waals surface area contributed by atoms with Gasteiger partial charge in [-0.05, 0) is 71.1 Å². The summed E-state index contributed by atoms with van der Waals surface area (Å²) in [5.41, 5.74) is 3.30. The minimum Gasteiger partial charge on any atom is -0.379 e. The monoisotopic (exact) mass is 520 g/mol. The van der Waals surface area contributed by atoms with Gasteiger partial charge in [0.1, 0.15) is 0 Å². The van der Waals surface area contributed by atoms with Gasteiger partial charge >= 0.3 is 0 Å². The number of fused-ring (bicyclic) bond motifs is 1. The zero-order chi connectivity index (χ0) is 28.0. The Morgan fingerprint density at radius 1 is 1.21 bits per heavy atom. The third-order valence-corrected chi connectivity index (χ3v) is 6.68. The van der Waals surface area contributed by atoms with Crippen molar-refractivity contribution in [3.05, 3.63) is 71.5 Å². The van der Waals surface area contributed by atoms with Gasteiger partial charge in [-0.1, -0.05) is 48.8 Å². The molecular formula is C32H44N2O4. The summed E-state index contributed by atoms with van der Waals surface area (Å²) in [4.78, 5) is 27.4. The molecule has 206 valence electrons. The normalized spacial score (nSPS) is 16.2. The third-order valence-electron chi connectivity index (χ3n) is 6.68. The zero-order valence-corrected chi connectivity index (χ0v) is 23.8. The van der Waals surface area contributed by atoms with Gasteiger partial charge in [0.05, 0.1) is 23.9 Å². The molecule has 0 radical (unpaired) electrons. The molecule has 6 heteroatoms. The molecule has 1 unspecified atom stereocenters. The molecule has 0 fully saturated rings. The van der Waals surface area contributed by atoms with Crippen LogP contribution in [0.3, 0.4) is 0 Å². The fraction of sp³-hybridized carbons (Fsp3) is 0.500. The van der Waals surface area contributed by atoms with Gasteiger partial charge in [0.15, 0.2) is 0 Å². The molecule has 1 aromatic carbocycles. The molecule has 1 aromatic rings. The number of hydrogen-bond donors (Lipinski definition) is 1. The highest BCUT2D eigenvalue weighted by molar-refractivity contribution is 5.80. The van der Waals surface area contributed by atoms with Crippen molar-refractivity contribution in [1.82, 2.24) is 10.2 Å². The quantitative estimate of drug-likeness (QED) is 0.253. The maximum Gasteiger partial charge on any atom is 0.227 e. The predicted molar refractivity (Wildman–Crippen MR) is 153 cm³/mol. The number of carbonyl (C=O) groups excluding carboxylic acids is 2. The molecule has 1 aliphatic rings. The lowest BCUT2D eigenvalue weighted by Crippen LogP contribution is -2.31. The molecule has 0 saturated heterocycles. The topological polar surface area (TPSA) is 67.9 Å². The summed E-state index contributed by atoms with van der Waals surface area (Å²) in [6.07, 6.45) is 9.15. The smallest absolute Gasteiger partial charge is 0.227 e. The predicted octanol–water partition coefficient (Wildman–Crippen LogP) is 5.68. The van der Waals surface area contributed by atoms with Gasteiger partial charge in [-0.3, -0.25) is 9.59 Å². The molecule has 6 nitrogen and oxygen atoms in total. The fourth-order valence-electron chi connectivity index (χ4n) is 4.05. The Bertz CT molecular complexity index is 1070. The second-order valence-corrected chi connectivity index (χ2v) is 10.1. The van der Waals surface area contributed by atoms with Crippen molar-refractivity contribution in [2.24, 2.45) is 0 Å². The Morgan fingerprint density at radius 3 is 2.66 bits per heavy atom. The minimum atomic E-state index is -0.195. The second kappa shape index (κ2) is 16.0. The van der Waals surface area contributed by atoms with E-state index in [9.17, 15) is 9.59 Å². The molecule has 1 heterocycles. The van der Waals surface area contributed by atoms with Crippen LogP contribution in [0.15, 0.2) is 60.3 Å². The van der Waals surface area contributed by atoms with E-state index in [2.05, 4.69) is 23.7 Å². The maximum atomic E-state index is 13.3. The summed E-state index contributed by atoms with van der Waals surface area (Å²) in [6, 6.07) is 7.91. The second-order valence-electron chi connectivity index (χ2n) is 10.1. The number of ether oxygens (including phenoxy) is 2. The summed E-state index contributed by atoms with van der Waals surface area (Å²) < 4.78 is 11.2. The van der Waals surface area contributed by atoms with Crippen LogP contribution in [-0.4, -0.2) is 48.7 Å². The number of nitrogens with zero attached hydrogens (tertiary/aromatic N) is 1. The minimum absolute atomic E-state index is 0.00553. The Kier molecular flexibility index (Phi) is 13.1. The number of carbonyl (C=O) groups is 2. The van der Waals surface area contributed by atoms with E-state index in [4.69, 9.17) is 9.47 Å². The maximum absolute atomic E-state index is 13.3. The number of benzene rings is 1. The largest absolute Gasteiger partial charge is 0.379 e. The van der Waals surface area contributed by atoms with Crippen LogP contribution >= 0.6 is 0 Å². The van der Waals surface area contributed by atoms with Gasteiger partial charge in [-0.15, -0.1) is 0 Å². The summed E-state index contributed by atoms with van der Waals surface area (Å²) in [5, 5.41) is 2.96. The molecule has 1 N–H and O–H groups in total. The van der Waals surface area contributed by atoms with Gasteiger partial charge in [0.25, 0.3) is 0 Å². The van der Waals surface area contributed by atoms with Gasteiger partial charge in [0.2, 0.25) is 11.8 Å². The summed E-state index contributed by atoms with van der Waals surface area (Å²) >= 11 is 0. The van der Waals surface area contributed by atoms with Crippen molar-refractivity contribution in [3.8, 4) is 11.8 Å². The number of nitrogens with one attached hydrogen (secondary N) is 1. The van der Waals surface area contributed by atoms with Crippen LogP contribution in [0.2, 0.25) is 0 Å². The van der Waals surface area contributed by atoms with Crippen molar-refractivity contribution in [2.45, 2.75) is 84.5 Å². The standard InChI is InChI=1S/C32H44N2O4/c1-7-13-27-19-18-26-14-9-10-15-28(26)24-34(29(27)8-2)31(36)17-12-11-16-30(35)33-22-20-25(3)38-23-21-32(4,5)37-6/h7-10,13-15,25H,1,11-12,16-17,20-24H2,2-6H3,(H,33,35)/b27-13-,29-8+. The van der Waals surface area contributed by atoms with Crippen LogP contribution in [-0.2, 0) is 25.6 Å². The number of methoxy groups -OCH3 is 1. The molecule has 1 atom stereocenters. The van der Waals surface area contributed by atoms with Crippen LogP contribution in [0.25, 0.3) is 0 Å². The summed E-state index contributed by atoms with van der Waals surface area (Å²) in [7, 11) is 1.70. The summed E-state index contributed by atoms with van der Waals surface area (Å²) in [6.45, 7) is 13.5. The van der Waals surface area contributed by atoms with Crippen molar-refractivity contribution in [1.29, 1.82) is 0 Å². The first-order chi connectivity index (χ1) is 18.2. The molecule has 0 aliphatic carbocycles. The number of rotatable bonds is 14. The molecule has 0 aromatic heterocycles. The van der Waals surface area contributed by atoms with Crippen LogP contribution in [0.4, 0.5) is 0 Å². The summed E-state index contributed by atoms with van der Waals surface area (Å²) in [5.74, 6) is 6.46. The fourth-order valence-corrected chi connectivity index (χ4v) is 4.05.